The third kappa shape index (κ3) is 2.29. The number of Topliss-reactive ketones (excluding diaryl/α,β-unsaturated/α-hetero) is 1. The zero-order chi connectivity index (χ0) is 14.2. The summed E-state index contributed by atoms with van der Waals surface area (Å²) in [5.41, 5.74) is 0.478. The van der Waals surface area contributed by atoms with Gasteiger partial charge in [-0.3, -0.25) is 9.69 Å². The second kappa shape index (κ2) is 5.30. The van der Waals surface area contributed by atoms with Gasteiger partial charge in [-0.2, -0.15) is 0 Å². The highest BCUT2D eigenvalue weighted by molar-refractivity contribution is 7.17. The van der Waals surface area contributed by atoms with Crippen molar-refractivity contribution in [3.05, 3.63) is 35.2 Å². The van der Waals surface area contributed by atoms with E-state index in [0.717, 1.165) is 23.4 Å². The highest BCUT2D eigenvalue weighted by Gasteiger charge is 2.36. The Morgan fingerprint density at radius 3 is 2.65 bits per heavy atom. The smallest absolute Gasteiger partial charge is 0.183 e. The Balaban J connectivity index is 1.96. The van der Waals surface area contributed by atoms with Crippen molar-refractivity contribution in [2.75, 3.05) is 13.1 Å². The van der Waals surface area contributed by atoms with Crippen molar-refractivity contribution >= 4 is 27.2 Å². The Kier molecular flexibility index (Phi) is 3.65. The molecular formula is C17H21NOS. The van der Waals surface area contributed by atoms with Crippen molar-refractivity contribution in [1.82, 2.24) is 4.90 Å². The summed E-state index contributed by atoms with van der Waals surface area (Å²) in [6.45, 7) is 6.23. The Hall–Kier alpha value is -1.19. The number of fused-ring (bicyclic) bond motifs is 1. The summed E-state index contributed by atoms with van der Waals surface area (Å²) in [4.78, 5) is 15.4. The fourth-order valence-electron chi connectivity index (χ4n) is 3.10. The number of likely N-dealkylation sites (tertiary alicyclic amines) is 1. The van der Waals surface area contributed by atoms with Gasteiger partial charge in [-0.15, -0.1) is 11.3 Å². The number of thiophene rings is 1. The molecule has 1 aromatic heterocycles. The largest absolute Gasteiger partial charge is 0.292 e. The summed E-state index contributed by atoms with van der Waals surface area (Å²) in [6, 6.07) is 8.14. The minimum atomic E-state index is -0.404. The van der Waals surface area contributed by atoms with Crippen LogP contribution in [0.4, 0.5) is 0 Å². The first-order valence-corrected chi connectivity index (χ1v) is 8.25. The van der Waals surface area contributed by atoms with Crippen LogP contribution in [0.15, 0.2) is 29.6 Å². The first-order chi connectivity index (χ1) is 9.60. The molecule has 1 fully saturated rings. The highest BCUT2D eigenvalue weighted by atomic mass is 32.1. The maximum absolute atomic E-state index is 13.0. The van der Waals surface area contributed by atoms with E-state index in [0.29, 0.717) is 0 Å². The number of rotatable bonds is 3. The first kappa shape index (κ1) is 13.8. The van der Waals surface area contributed by atoms with E-state index in [2.05, 4.69) is 36.3 Å². The number of hydrogen-bond acceptors (Lipinski definition) is 3. The quantitative estimate of drug-likeness (QED) is 0.782. The van der Waals surface area contributed by atoms with E-state index in [1.165, 1.54) is 24.6 Å². The normalized spacial score (nSPS) is 17.5. The van der Waals surface area contributed by atoms with E-state index in [4.69, 9.17) is 0 Å². The lowest BCUT2D eigenvalue weighted by atomic mass is 9.89. The second-order valence-electron chi connectivity index (χ2n) is 6.08. The van der Waals surface area contributed by atoms with Gasteiger partial charge < -0.3 is 0 Å². The maximum atomic E-state index is 13.0. The summed E-state index contributed by atoms with van der Waals surface area (Å²) < 4.78 is 1.13. The Morgan fingerprint density at radius 2 is 1.90 bits per heavy atom. The van der Waals surface area contributed by atoms with Crippen LogP contribution in [0.2, 0.25) is 0 Å². The predicted octanol–water partition coefficient (Wildman–Crippen LogP) is 4.35. The van der Waals surface area contributed by atoms with Crippen LogP contribution >= 0.6 is 11.3 Å². The molecule has 0 bridgehead atoms. The van der Waals surface area contributed by atoms with E-state index in [-0.39, 0.29) is 5.78 Å². The summed E-state index contributed by atoms with van der Waals surface area (Å²) in [5.74, 6) is 0.257. The second-order valence-corrected chi connectivity index (χ2v) is 7.00. The van der Waals surface area contributed by atoms with Crippen LogP contribution in [0.3, 0.4) is 0 Å². The average molecular weight is 287 g/mol. The van der Waals surface area contributed by atoms with Gasteiger partial charge in [0.25, 0.3) is 0 Å². The molecule has 3 rings (SSSR count). The molecule has 0 amide bonds. The molecule has 106 valence electrons. The summed E-state index contributed by atoms with van der Waals surface area (Å²) in [5, 5.41) is 3.24. The SMILES string of the molecule is CC(C)(C(=O)c1cccc2ccsc12)N1CCCCC1. The molecule has 0 unspecified atom stereocenters. The molecule has 2 heterocycles. The van der Waals surface area contributed by atoms with Gasteiger partial charge in [-0.25, -0.2) is 0 Å². The molecule has 3 heteroatoms. The van der Waals surface area contributed by atoms with Crippen LogP contribution in [-0.4, -0.2) is 29.3 Å². The molecule has 2 nitrogen and oxygen atoms in total. The minimum absolute atomic E-state index is 0.257. The molecule has 0 saturated carbocycles. The molecule has 0 spiro atoms. The Morgan fingerprint density at radius 1 is 1.15 bits per heavy atom. The van der Waals surface area contributed by atoms with Gasteiger partial charge in [-0.1, -0.05) is 18.6 Å². The molecule has 1 aromatic carbocycles. The average Bonchev–Trinajstić information content (AvgIpc) is 2.95. The van der Waals surface area contributed by atoms with Crippen molar-refractivity contribution in [3.63, 3.8) is 0 Å². The highest BCUT2D eigenvalue weighted by Crippen LogP contribution is 2.30. The molecular weight excluding hydrogens is 266 g/mol. The zero-order valence-electron chi connectivity index (χ0n) is 12.2. The molecule has 1 aliphatic rings. The number of ketones is 1. The summed E-state index contributed by atoms with van der Waals surface area (Å²) in [6.07, 6.45) is 3.71. The van der Waals surface area contributed by atoms with E-state index >= 15 is 0 Å². The van der Waals surface area contributed by atoms with Crippen LogP contribution in [0.25, 0.3) is 10.1 Å². The van der Waals surface area contributed by atoms with Gasteiger partial charge in [-0.05, 0) is 62.7 Å². The van der Waals surface area contributed by atoms with Crippen molar-refractivity contribution in [2.45, 2.75) is 38.6 Å². The number of nitrogens with zero attached hydrogens (tertiary/aromatic N) is 1. The van der Waals surface area contributed by atoms with E-state index in [1.54, 1.807) is 11.3 Å². The van der Waals surface area contributed by atoms with Crippen molar-refractivity contribution in [3.8, 4) is 0 Å². The van der Waals surface area contributed by atoms with Crippen LogP contribution in [0.5, 0.6) is 0 Å². The maximum Gasteiger partial charge on any atom is 0.183 e. The molecule has 0 atom stereocenters. The van der Waals surface area contributed by atoms with Crippen molar-refractivity contribution < 1.29 is 4.79 Å². The van der Waals surface area contributed by atoms with E-state index in [9.17, 15) is 4.79 Å². The lowest BCUT2D eigenvalue weighted by Gasteiger charge is -2.39. The van der Waals surface area contributed by atoms with Gasteiger partial charge in [0.2, 0.25) is 0 Å². The molecule has 0 N–H and O–H groups in total. The van der Waals surface area contributed by atoms with Gasteiger partial charge in [0.1, 0.15) is 0 Å². The lowest BCUT2D eigenvalue weighted by Crippen LogP contribution is -2.52. The van der Waals surface area contributed by atoms with E-state index < -0.39 is 5.54 Å². The van der Waals surface area contributed by atoms with Crippen molar-refractivity contribution in [1.29, 1.82) is 0 Å². The minimum Gasteiger partial charge on any atom is -0.292 e. The molecule has 0 radical (unpaired) electrons. The van der Waals surface area contributed by atoms with Crippen molar-refractivity contribution in [2.24, 2.45) is 0 Å². The van der Waals surface area contributed by atoms with E-state index in [1.807, 2.05) is 12.1 Å². The Labute approximate surface area is 124 Å². The summed E-state index contributed by atoms with van der Waals surface area (Å²) >= 11 is 1.67. The standard InChI is InChI=1S/C17H21NOS/c1-17(2,18-10-4-3-5-11-18)16(19)14-8-6-7-13-9-12-20-15(13)14/h6-9,12H,3-5,10-11H2,1-2H3. The van der Waals surface area contributed by atoms with Gasteiger partial charge in [0.05, 0.1) is 5.54 Å². The van der Waals surface area contributed by atoms with Gasteiger partial charge in [0.15, 0.2) is 5.78 Å². The number of carbonyl (C=O) groups is 1. The Bertz CT molecular complexity index is 623. The molecule has 2 aromatic rings. The van der Waals surface area contributed by atoms with Crippen LogP contribution in [-0.2, 0) is 0 Å². The molecule has 1 saturated heterocycles. The fourth-order valence-corrected chi connectivity index (χ4v) is 4.01. The fraction of sp³-hybridized carbons (Fsp3) is 0.471. The van der Waals surface area contributed by atoms with Gasteiger partial charge in [0, 0.05) is 10.3 Å². The number of benzene rings is 1. The van der Waals surface area contributed by atoms with Crippen LogP contribution in [0.1, 0.15) is 43.5 Å². The topological polar surface area (TPSA) is 20.3 Å². The monoisotopic (exact) mass is 287 g/mol. The molecule has 0 aliphatic carbocycles. The number of carbonyl (C=O) groups excluding carboxylic acids is 1. The first-order valence-electron chi connectivity index (χ1n) is 7.37. The zero-order valence-corrected chi connectivity index (χ0v) is 13.0. The summed E-state index contributed by atoms with van der Waals surface area (Å²) in [7, 11) is 0. The molecule has 20 heavy (non-hydrogen) atoms. The van der Waals surface area contributed by atoms with Gasteiger partial charge >= 0.3 is 0 Å². The number of hydrogen-bond donors (Lipinski definition) is 0. The molecule has 1 aliphatic heterocycles. The van der Waals surface area contributed by atoms with Crippen LogP contribution in [0, 0.1) is 0 Å². The predicted molar refractivity (Wildman–Crippen MR) is 85.7 cm³/mol. The lowest BCUT2D eigenvalue weighted by molar-refractivity contribution is 0.0581. The number of piperidine rings is 1. The van der Waals surface area contributed by atoms with Crippen LogP contribution < -0.4 is 0 Å². The third-order valence-corrected chi connectivity index (χ3v) is 5.39. The third-order valence-electron chi connectivity index (χ3n) is 4.43.